The Morgan fingerprint density at radius 2 is 1.23 bits per heavy atom. The van der Waals surface area contributed by atoms with E-state index in [0.29, 0.717) is 12.3 Å². The van der Waals surface area contributed by atoms with E-state index < -0.39 is 0 Å². The molecular weight excluding hydrogens is 442 g/mol. The van der Waals surface area contributed by atoms with E-state index >= 15 is 0 Å². The summed E-state index contributed by atoms with van der Waals surface area (Å²) in [6.45, 7) is 4.75. The van der Waals surface area contributed by atoms with Crippen molar-refractivity contribution in [3.63, 3.8) is 0 Å². The first-order chi connectivity index (χ1) is 14.3. The van der Waals surface area contributed by atoms with Gasteiger partial charge in [0.2, 0.25) is 0 Å². The first-order valence-electron chi connectivity index (χ1n) is 8.64. The van der Waals surface area contributed by atoms with Crippen LogP contribution in [0.1, 0.15) is 11.4 Å². The van der Waals surface area contributed by atoms with E-state index in [1.807, 2.05) is 60.7 Å². The van der Waals surface area contributed by atoms with E-state index in [1.54, 1.807) is 12.4 Å². The van der Waals surface area contributed by atoms with E-state index in [2.05, 4.69) is 26.0 Å². The first kappa shape index (κ1) is 28.4. The predicted molar refractivity (Wildman–Crippen MR) is 119 cm³/mol. The maximum Gasteiger partial charge on any atom is 1.00 e. The number of H-pyrrole nitrogens is 2. The van der Waals surface area contributed by atoms with E-state index in [1.165, 1.54) is 0 Å². The molecule has 0 aliphatic carbocycles. The van der Waals surface area contributed by atoms with Gasteiger partial charge >= 0.3 is 29.6 Å². The van der Waals surface area contributed by atoms with Crippen molar-refractivity contribution in [2.45, 2.75) is 12.3 Å². The molecule has 0 spiro atoms. The van der Waals surface area contributed by atoms with Crippen molar-refractivity contribution < 1.29 is 29.6 Å². The van der Waals surface area contributed by atoms with Crippen molar-refractivity contribution >= 4 is 24.0 Å². The summed E-state index contributed by atoms with van der Waals surface area (Å²) in [4.78, 5) is 14.6. The third-order valence-electron chi connectivity index (χ3n) is 3.76. The van der Waals surface area contributed by atoms with Gasteiger partial charge in [0.1, 0.15) is 11.6 Å². The number of nitriles is 1. The molecule has 0 atom stereocenters. The molecular formula is C22H19Cl2N6Na. The molecule has 152 valence electrons. The normalized spacial score (nSPS) is 8.71. The van der Waals surface area contributed by atoms with Gasteiger partial charge in [-0.15, -0.1) is 24.0 Å². The maximum absolute atomic E-state index is 8.50. The number of aromatic amines is 2. The van der Waals surface area contributed by atoms with E-state index in [9.17, 15) is 0 Å². The molecule has 0 unspecified atom stereocenters. The van der Waals surface area contributed by atoms with Gasteiger partial charge in [0.05, 0.1) is 18.4 Å². The average molecular weight is 461 g/mol. The van der Waals surface area contributed by atoms with Crippen molar-refractivity contribution in [2.24, 2.45) is 0 Å². The summed E-state index contributed by atoms with van der Waals surface area (Å²) < 4.78 is 0. The summed E-state index contributed by atoms with van der Waals surface area (Å²) in [5.74, 6) is 2.16. The zero-order valence-electron chi connectivity index (χ0n) is 16.9. The minimum absolute atomic E-state index is 0. The number of nitrogens with one attached hydrogen (secondary N) is 2. The monoisotopic (exact) mass is 460 g/mol. The molecule has 0 aliphatic rings. The quantitative estimate of drug-likeness (QED) is 0.277. The molecule has 4 rings (SSSR count). The van der Waals surface area contributed by atoms with Crippen molar-refractivity contribution in [1.29, 1.82) is 10.5 Å². The topological polar surface area (TPSA) is 105 Å². The minimum atomic E-state index is 0. The molecule has 2 heterocycles. The van der Waals surface area contributed by atoms with Crippen LogP contribution in [0.5, 0.6) is 0 Å². The summed E-state index contributed by atoms with van der Waals surface area (Å²) >= 11 is 5.66. The van der Waals surface area contributed by atoms with Crippen LogP contribution in [0.2, 0.25) is 0 Å². The second kappa shape index (κ2) is 16.2. The maximum atomic E-state index is 8.50. The molecule has 6 nitrogen and oxygen atoms in total. The Bertz CT molecular complexity index is 1060. The molecule has 2 aromatic heterocycles. The van der Waals surface area contributed by atoms with Crippen molar-refractivity contribution in [3.05, 3.63) is 91.0 Å². The molecule has 0 saturated carbocycles. The second-order valence-electron chi connectivity index (χ2n) is 5.71. The van der Waals surface area contributed by atoms with Crippen LogP contribution in [0.25, 0.3) is 22.8 Å². The van der Waals surface area contributed by atoms with Gasteiger partial charge in [-0.3, -0.25) is 0 Å². The van der Waals surface area contributed by atoms with Gasteiger partial charge in [0.25, 0.3) is 0 Å². The molecule has 4 aromatic rings. The molecule has 0 saturated heterocycles. The largest absolute Gasteiger partial charge is 1.00 e. The summed E-state index contributed by atoms with van der Waals surface area (Å²) in [6, 6.07) is 21.9. The predicted octanol–water partition coefficient (Wildman–Crippen LogP) is 2.48. The number of hydrogen-bond acceptors (Lipinski definition) is 4. The van der Waals surface area contributed by atoms with Crippen LogP contribution in [0.4, 0.5) is 0 Å². The minimum Gasteiger partial charge on any atom is -0.512 e. The number of alkyl halides is 1. The van der Waals surface area contributed by atoms with Crippen LogP contribution in [0, 0.1) is 23.2 Å². The zero-order chi connectivity index (χ0) is 20.9. The fourth-order valence-electron chi connectivity index (χ4n) is 2.45. The van der Waals surface area contributed by atoms with Crippen LogP contribution in [-0.2, 0) is 12.3 Å². The number of aromatic nitrogens is 4. The average Bonchev–Trinajstić information content (AvgIpc) is 3.47. The molecule has 9 heteroatoms. The van der Waals surface area contributed by atoms with E-state index in [-0.39, 0.29) is 42.0 Å². The van der Waals surface area contributed by atoms with Gasteiger partial charge in [0.15, 0.2) is 0 Å². The number of rotatable bonds is 4. The third kappa shape index (κ3) is 8.98. The van der Waals surface area contributed by atoms with Crippen LogP contribution < -0.4 is 29.6 Å². The van der Waals surface area contributed by atoms with Gasteiger partial charge in [0, 0.05) is 34.9 Å². The molecule has 0 bridgehead atoms. The Labute approximate surface area is 215 Å². The fraction of sp³-hybridized carbons (Fsp3) is 0.0909. The summed E-state index contributed by atoms with van der Waals surface area (Å²) in [5, 5.41) is 14.8. The van der Waals surface area contributed by atoms with Crippen molar-refractivity contribution in [2.75, 3.05) is 0 Å². The third-order valence-corrected chi connectivity index (χ3v) is 4.05. The van der Waals surface area contributed by atoms with Crippen LogP contribution in [0.3, 0.4) is 0 Å². The van der Waals surface area contributed by atoms with Gasteiger partial charge in [-0.1, -0.05) is 60.7 Å². The second-order valence-corrected chi connectivity index (χ2v) is 5.98. The number of halogens is 2. The SMILES string of the molecule is Cl.ClCc1cnc(-c2ccccc2)[nH]1.N#CCc1cnc(-c2ccccc2)[nH]1.[C-]#N.[Na+]. The van der Waals surface area contributed by atoms with Gasteiger partial charge in [-0.25, -0.2) is 9.97 Å². The molecule has 0 radical (unpaired) electrons. The number of imidazole rings is 2. The van der Waals surface area contributed by atoms with Crippen LogP contribution >= 0.6 is 24.0 Å². The molecule has 0 fully saturated rings. The Hall–Kier alpha value is -2.58. The fourth-order valence-corrected chi connectivity index (χ4v) is 2.58. The number of nitrogens with zero attached hydrogens (tertiary/aromatic N) is 4. The molecule has 31 heavy (non-hydrogen) atoms. The van der Waals surface area contributed by atoms with Gasteiger partial charge in [-0.05, 0) is 0 Å². The van der Waals surface area contributed by atoms with E-state index in [4.69, 9.17) is 28.7 Å². The smallest absolute Gasteiger partial charge is 0.512 e. The number of hydrogen-bond donors (Lipinski definition) is 2. The van der Waals surface area contributed by atoms with E-state index in [0.717, 1.165) is 34.2 Å². The van der Waals surface area contributed by atoms with Gasteiger partial charge < -0.3 is 21.8 Å². The molecule has 0 aliphatic heterocycles. The molecule has 2 aromatic carbocycles. The molecule has 0 amide bonds. The standard InChI is InChI=1S/C11H9N3.C10H9ClN2.CN.ClH.Na/c12-7-6-10-8-13-11(14-10)9-4-2-1-3-5-9;11-6-9-7-12-10(13-9)8-4-2-1-3-5-8;1-2;;/h1-5,8H,6H2,(H,13,14);1-5,7H,6H2,(H,12,13);;1H;/q;;-1;;+1. The van der Waals surface area contributed by atoms with Gasteiger partial charge in [-0.2, -0.15) is 5.26 Å². The zero-order valence-corrected chi connectivity index (χ0v) is 20.5. The Kier molecular flexibility index (Phi) is 14.8. The summed E-state index contributed by atoms with van der Waals surface area (Å²) in [5.41, 5.74) is 3.92. The Morgan fingerprint density at radius 1 is 0.806 bits per heavy atom. The van der Waals surface area contributed by atoms with Crippen molar-refractivity contribution in [1.82, 2.24) is 19.9 Å². The number of benzene rings is 2. The Balaban J connectivity index is 0.000000508. The summed E-state index contributed by atoms with van der Waals surface area (Å²) in [6.07, 6.45) is 3.83. The Morgan fingerprint density at radius 3 is 1.61 bits per heavy atom. The first-order valence-corrected chi connectivity index (χ1v) is 9.17. The van der Waals surface area contributed by atoms with Crippen LogP contribution in [-0.4, -0.2) is 19.9 Å². The van der Waals surface area contributed by atoms with Crippen LogP contribution in [0.15, 0.2) is 73.1 Å². The molecule has 2 N–H and O–H groups in total. The van der Waals surface area contributed by atoms with Crippen molar-refractivity contribution in [3.8, 4) is 28.8 Å². The summed E-state index contributed by atoms with van der Waals surface area (Å²) in [7, 11) is 0.